The fraction of sp³-hybridized carbons (Fsp3) is 0.600. The highest BCUT2D eigenvalue weighted by Gasteiger charge is 2.20. The van der Waals surface area contributed by atoms with E-state index in [2.05, 4.69) is 16.8 Å². The molecule has 2 heterocycles. The van der Waals surface area contributed by atoms with Crippen molar-refractivity contribution in [1.82, 2.24) is 9.88 Å². The first-order chi connectivity index (χ1) is 7.66. The normalized spacial score (nSPS) is 22.2. The van der Waals surface area contributed by atoms with Crippen molar-refractivity contribution in [2.75, 3.05) is 18.1 Å². The van der Waals surface area contributed by atoms with Crippen molar-refractivity contribution < 1.29 is 9.90 Å². The predicted octanol–water partition coefficient (Wildman–Crippen LogP) is 1.78. The SMILES string of the molecule is CC1CSCCN1Cc1csc(C(=O)O)n1. The molecule has 1 N–H and O–H groups in total. The van der Waals surface area contributed by atoms with Gasteiger partial charge in [-0.1, -0.05) is 0 Å². The fourth-order valence-corrected chi connectivity index (χ4v) is 3.41. The summed E-state index contributed by atoms with van der Waals surface area (Å²) >= 11 is 3.18. The van der Waals surface area contributed by atoms with Crippen LogP contribution in [0.2, 0.25) is 0 Å². The molecular formula is C10H14N2O2S2. The van der Waals surface area contributed by atoms with Gasteiger partial charge in [-0.3, -0.25) is 4.90 Å². The standard InChI is InChI=1S/C10H14N2O2S2/c1-7-5-15-3-2-12(7)4-8-6-16-9(11-8)10(13)14/h6-7H,2-5H2,1H3,(H,13,14). The van der Waals surface area contributed by atoms with E-state index in [4.69, 9.17) is 5.11 Å². The first-order valence-corrected chi connectivity index (χ1v) is 7.19. The van der Waals surface area contributed by atoms with Crippen LogP contribution in [0.4, 0.5) is 0 Å². The Morgan fingerprint density at radius 2 is 2.56 bits per heavy atom. The smallest absolute Gasteiger partial charge is 0.365 e. The Morgan fingerprint density at radius 1 is 1.75 bits per heavy atom. The lowest BCUT2D eigenvalue weighted by molar-refractivity contribution is 0.0696. The van der Waals surface area contributed by atoms with Crippen LogP contribution in [0.3, 0.4) is 0 Å². The Balaban J connectivity index is 1.99. The molecule has 0 aromatic carbocycles. The second kappa shape index (κ2) is 5.16. The lowest BCUT2D eigenvalue weighted by Gasteiger charge is -2.32. The van der Waals surface area contributed by atoms with Crippen molar-refractivity contribution in [1.29, 1.82) is 0 Å². The Bertz CT molecular complexity index is 381. The molecule has 0 bridgehead atoms. The molecule has 0 amide bonds. The van der Waals surface area contributed by atoms with Gasteiger partial charge in [-0.2, -0.15) is 11.8 Å². The Hall–Kier alpha value is -0.590. The van der Waals surface area contributed by atoms with Crippen LogP contribution in [-0.2, 0) is 6.54 Å². The van der Waals surface area contributed by atoms with Crippen LogP contribution in [0.5, 0.6) is 0 Å². The molecule has 0 radical (unpaired) electrons. The van der Waals surface area contributed by atoms with E-state index in [9.17, 15) is 4.79 Å². The van der Waals surface area contributed by atoms with E-state index in [1.54, 1.807) is 0 Å². The zero-order chi connectivity index (χ0) is 11.5. The summed E-state index contributed by atoms with van der Waals surface area (Å²) < 4.78 is 0. The van der Waals surface area contributed by atoms with E-state index in [0.29, 0.717) is 6.04 Å². The van der Waals surface area contributed by atoms with Gasteiger partial charge in [0.15, 0.2) is 0 Å². The van der Waals surface area contributed by atoms with E-state index in [0.717, 1.165) is 30.3 Å². The largest absolute Gasteiger partial charge is 0.476 e. The van der Waals surface area contributed by atoms with Gasteiger partial charge in [0, 0.05) is 36.0 Å². The van der Waals surface area contributed by atoms with Gasteiger partial charge in [-0.25, -0.2) is 9.78 Å². The van der Waals surface area contributed by atoms with Gasteiger partial charge in [-0.15, -0.1) is 11.3 Å². The molecule has 6 heteroatoms. The van der Waals surface area contributed by atoms with Crippen molar-refractivity contribution in [2.24, 2.45) is 0 Å². The van der Waals surface area contributed by atoms with Crippen molar-refractivity contribution >= 4 is 29.1 Å². The fourth-order valence-electron chi connectivity index (χ4n) is 1.68. The number of carboxylic acids is 1. The third kappa shape index (κ3) is 2.75. The van der Waals surface area contributed by atoms with Crippen molar-refractivity contribution in [3.8, 4) is 0 Å². The molecule has 1 saturated heterocycles. The zero-order valence-electron chi connectivity index (χ0n) is 9.05. The van der Waals surface area contributed by atoms with Gasteiger partial charge >= 0.3 is 5.97 Å². The van der Waals surface area contributed by atoms with Crippen LogP contribution < -0.4 is 0 Å². The molecule has 16 heavy (non-hydrogen) atoms. The second-order valence-electron chi connectivity index (χ2n) is 3.84. The molecule has 1 atom stereocenters. The third-order valence-corrected chi connectivity index (χ3v) is 4.67. The third-order valence-electron chi connectivity index (χ3n) is 2.61. The first kappa shape index (κ1) is 11.9. The quantitative estimate of drug-likeness (QED) is 0.895. The van der Waals surface area contributed by atoms with Crippen LogP contribution in [0.1, 0.15) is 22.4 Å². The average Bonchev–Trinajstić information content (AvgIpc) is 2.70. The molecule has 4 nitrogen and oxygen atoms in total. The molecule has 1 aromatic heterocycles. The van der Waals surface area contributed by atoms with E-state index < -0.39 is 5.97 Å². The minimum absolute atomic E-state index is 0.189. The molecule has 2 rings (SSSR count). The number of carboxylic acid groups (broad SMARTS) is 1. The molecule has 1 aromatic rings. The summed E-state index contributed by atoms with van der Waals surface area (Å²) in [5, 5.41) is 10.8. The van der Waals surface area contributed by atoms with Gasteiger partial charge in [0.05, 0.1) is 5.69 Å². The number of thioether (sulfide) groups is 1. The van der Waals surface area contributed by atoms with Crippen LogP contribution in [-0.4, -0.2) is 45.1 Å². The lowest BCUT2D eigenvalue weighted by Crippen LogP contribution is -2.39. The van der Waals surface area contributed by atoms with Crippen molar-refractivity contribution in [2.45, 2.75) is 19.5 Å². The lowest BCUT2D eigenvalue weighted by atomic mass is 10.3. The number of rotatable bonds is 3. The van der Waals surface area contributed by atoms with Gasteiger partial charge in [0.25, 0.3) is 0 Å². The maximum absolute atomic E-state index is 10.7. The summed E-state index contributed by atoms with van der Waals surface area (Å²) in [4.78, 5) is 17.2. The maximum Gasteiger partial charge on any atom is 0.365 e. The number of aromatic carboxylic acids is 1. The Morgan fingerprint density at radius 3 is 3.19 bits per heavy atom. The topological polar surface area (TPSA) is 53.4 Å². The van der Waals surface area contributed by atoms with E-state index >= 15 is 0 Å². The number of aromatic nitrogens is 1. The predicted molar refractivity (Wildman–Crippen MR) is 66.3 cm³/mol. The summed E-state index contributed by atoms with van der Waals surface area (Å²) in [6, 6.07) is 0.550. The maximum atomic E-state index is 10.7. The van der Waals surface area contributed by atoms with E-state index in [1.165, 1.54) is 11.3 Å². The second-order valence-corrected chi connectivity index (χ2v) is 5.85. The van der Waals surface area contributed by atoms with Crippen molar-refractivity contribution in [3.05, 3.63) is 16.1 Å². The summed E-state index contributed by atoms with van der Waals surface area (Å²) in [5.41, 5.74) is 0.876. The molecule has 0 aliphatic carbocycles. The van der Waals surface area contributed by atoms with Gasteiger partial charge in [0.1, 0.15) is 0 Å². The average molecular weight is 258 g/mol. The van der Waals surface area contributed by atoms with E-state index in [-0.39, 0.29) is 5.01 Å². The summed E-state index contributed by atoms with van der Waals surface area (Å²) in [5.74, 6) is 1.37. The molecule has 1 fully saturated rings. The molecular weight excluding hydrogens is 244 g/mol. The van der Waals surface area contributed by atoms with Gasteiger partial charge in [0.2, 0.25) is 5.01 Å². The number of carbonyl (C=O) groups is 1. The van der Waals surface area contributed by atoms with Crippen LogP contribution in [0, 0.1) is 0 Å². The first-order valence-electron chi connectivity index (χ1n) is 5.16. The molecule has 1 unspecified atom stereocenters. The number of hydrogen-bond donors (Lipinski definition) is 1. The summed E-state index contributed by atoms with van der Waals surface area (Å²) in [7, 11) is 0. The highest BCUT2D eigenvalue weighted by molar-refractivity contribution is 7.99. The number of nitrogens with zero attached hydrogens (tertiary/aromatic N) is 2. The van der Waals surface area contributed by atoms with Crippen LogP contribution >= 0.6 is 23.1 Å². The molecule has 0 spiro atoms. The summed E-state index contributed by atoms with van der Waals surface area (Å²) in [6.07, 6.45) is 0. The molecule has 1 aliphatic heterocycles. The van der Waals surface area contributed by atoms with Crippen molar-refractivity contribution in [3.63, 3.8) is 0 Å². The minimum atomic E-state index is -0.932. The summed E-state index contributed by atoms with van der Waals surface area (Å²) in [6.45, 7) is 4.04. The minimum Gasteiger partial charge on any atom is -0.476 e. The molecule has 88 valence electrons. The van der Waals surface area contributed by atoms with Gasteiger partial charge < -0.3 is 5.11 Å². The van der Waals surface area contributed by atoms with E-state index in [1.807, 2.05) is 17.1 Å². The highest BCUT2D eigenvalue weighted by Crippen LogP contribution is 2.19. The van der Waals surface area contributed by atoms with Crippen LogP contribution in [0.15, 0.2) is 5.38 Å². The Kier molecular flexibility index (Phi) is 3.83. The molecule has 1 aliphatic rings. The van der Waals surface area contributed by atoms with Crippen LogP contribution in [0.25, 0.3) is 0 Å². The molecule has 0 saturated carbocycles. The number of hydrogen-bond acceptors (Lipinski definition) is 5. The highest BCUT2D eigenvalue weighted by atomic mass is 32.2. The van der Waals surface area contributed by atoms with Gasteiger partial charge in [-0.05, 0) is 6.92 Å². The Labute approximate surface area is 103 Å². The number of thiazole rings is 1. The monoisotopic (exact) mass is 258 g/mol. The zero-order valence-corrected chi connectivity index (χ0v) is 10.7.